The van der Waals surface area contributed by atoms with Crippen LogP contribution in [0.3, 0.4) is 0 Å². The molecule has 23 heavy (non-hydrogen) atoms. The molecule has 0 unspecified atom stereocenters. The van der Waals surface area contributed by atoms with Gasteiger partial charge < -0.3 is 8.23 Å². The lowest BCUT2D eigenvalue weighted by Gasteiger charge is -2.41. The quantitative estimate of drug-likeness (QED) is 0.726. The van der Waals surface area contributed by atoms with Crippen LogP contribution in [0.5, 0.6) is 0 Å². The lowest BCUT2D eigenvalue weighted by Crippen LogP contribution is -2.69. The molecule has 0 saturated carbocycles. The summed E-state index contributed by atoms with van der Waals surface area (Å²) in [4.78, 5) is 0. The zero-order valence-electron chi connectivity index (χ0n) is 15.1. The Morgan fingerprint density at radius 2 is 0.826 bits per heavy atom. The first-order valence-electron chi connectivity index (χ1n) is 8.14. The molecule has 0 bridgehead atoms. The van der Waals surface area contributed by atoms with Crippen LogP contribution >= 0.6 is 0 Å². The standard InChI is InChI=1S/C18H28O2Si3/c1-21(2,3)19-23(20-22(4,5)6,17-13-9-7-10-14-17)18-15-11-8-12-16-18/h7-16H,1-6H3. The van der Waals surface area contributed by atoms with E-state index in [0.29, 0.717) is 0 Å². The van der Waals surface area contributed by atoms with Gasteiger partial charge in [-0.3, -0.25) is 0 Å². The second kappa shape index (κ2) is 6.86. The Kier molecular flexibility index (Phi) is 5.48. The van der Waals surface area contributed by atoms with E-state index in [0.717, 1.165) is 0 Å². The summed E-state index contributed by atoms with van der Waals surface area (Å²) in [5, 5.41) is 2.41. The first-order valence-corrected chi connectivity index (χ1v) is 16.8. The molecule has 0 saturated heterocycles. The van der Waals surface area contributed by atoms with Gasteiger partial charge in [0, 0.05) is 0 Å². The molecule has 0 aromatic heterocycles. The van der Waals surface area contributed by atoms with Gasteiger partial charge in [-0.1, -0.05) is 60.7 Å². The molecule has 0 heterocycles. The van der Waals surface area contributed by atoms with Gasteiger partial charge in [0.2, 0.25) is 0 Å². The summed E-state index contributed by atoms with van der Waals surface area (Å²) in [5.41, 5.74) is 0. The smallest absolute Gasteiger partial charge is 0.386 e. The summed E-state index contributed by atoms with van der Waals surface area (Å²) < 4.78 is 13.7. The highest BCUT2D eigenvalue weighted by atomic mass is 28.5. The van der Waals surface area contributed by atoms with E-state index < -0.39 is 25.2 Å². The molecule has 2 rings (SSSR count). The van der Waals surface area contributed by atoms with Crippen molar-refractivity contribution in [3.05, 3.63) is 60.7 Å². The fourth-order valence-electron chi connectivity index (χ4n) is 2.60. The van der Waals surface area contributed by atoms with Crippen LogP contribution in [-0.2, 0) is 8.23 Å². The van der Waals surface area contributed by atoms with Crippen LogP contribution in [0.15, 0.2) is 60.7 Å². The SMILES string of the molecule is C[Si](C)(C)O[Si](O[Si](C)(C)C)(c1ccccc1)c1ccccc1. The summed E-state index contributed by atoms with van der Waals surface area (Å²) in [6.45, 7) is 13.5. The molecule has 0 fully saturated rings. The molecule has 0 amide bonds. The average Bonchev–Trinajstić information content (AvgIpc) is 2.45. The van der Waals surface area contributed by atoms with Crippen molar-refractivity contribution in [1.29, 1.82) is 0 Å². The maximum absolute atomic E-state index is 6.86. The summed E-state index contributed by atoms with van der Waals surface area (Å²) >= 11 is 0. The third kappa shape index (κ3) is 4.99. The van der Waals surface area contributed by atoms with Crippen molar-refractivity contribution in [2.75, 3.05) is 0 Å². The van der Waals surface area contributed by atoms with Crippen LogP contribution < -0.4 is 10.4 Å². The molecule has 0 atom stereocenters. The molecule has 0 spiro atoms. The molecule has 0 N–H and O–H groups in total. The van der Waals surface area contributed by atoms with Crippen molar-refractivity contribution in [2.24, 2.45) is 0 Å². The molecule has 5 heteroatoms. The van der Waals surface area contributed by atoms with E-state index in [-0.39, 0.29) is 0 Å². The van der Waals surface area contributed by atoms with Crippen molar-refractivity contribution in [2.45, 2.75) is 39.3 Å². The van der Waals surface area contributed by atoms with Gasteiger partial charge in [0.05, 0.1) is 0 Å². The zero-order valence-corrected chi connectivity index (χ0v) is 18.1. The molecular weight excluding hydrogens is 332 g/mol. The van der Waals surface area contributed by atoms with Crippen LogP contribution in [0.2, 0.25) is 39.3 Å². The molecule has 0 aliphatic heterocycles. The molecule has 2 aromatic rings. The van der Waals surface area contributed by atoms with Crippen LogP contribution in [0.1, 0.15) is 0 Å². The summed E-state index contributed by atoms with van der Waals surface area (Å²) in [6, 6.07) is 21.1. The average molecular weight is 361 g/mol. The van der Waals surface area contributed by atoms with Crippen molar-refractivity contribution >= 4 is 35.6 Å². The van der Waals surface area contributed by atoms with Crippen molar-refractivity contribution in [3.63, 3.8) is 0 Å². The van der Waals surface area contributed by atoms with E-state index in [4.69, 9.17) is 8.23 Å². The normalized spacial score (nSPS) is 13.1. The van der Waals surface area contributed by atoms with Crippen LogP contribution in [0, 0.1) is 0 Å². The van der Waals surface area contributed by atoms with E-state index in [1.54, 1.807) is 0 Å². The maximum atomic E-state index is 6.86. The Bertz CT molecular complexity index is 559. The Balaban J connectivity index is 2.68. The largest absolute Gasteiger partial charge is 0.430 e. The summed E-state index contributed by atoms with van der Waals surface area (Å²) in [6.07, 6.45) is 0. The molecule has 124 valence electrons. The van der Waals surface area contributed by atoms with Gasteiger partial charge in [-0.05, 0) is 49.7 Å². The summed E-state index contributed by atoms with van der Waals surface area (Å²) in [5.74, 6) is 0. The van der Waals surface area contributed by atoms with Crippen LogP contribution in [0.25, 0.3) is 0 Å². The molecule has 2 nitrogen and oxygen atoms in total. The Labute approximate surface area is 144 Å². The monoisotopic (exact) mass is 360 g/mol. The lowest BCUT2D eigenvalue weighted by molar-refractivity contribution is 0.413. The Morgan fingerprint density at radius 1 is 0.522 bits per heavy atom. The molecular formula is C18H28O2Si3. The molecule has 0 aliphatic carbocycles. The van der Waals surface area contributed by atoms with Gasteiger partial charge in [0.15, 0.2) is 16.6 Å². The highest BCUT2D eigenvalue weighted by Gasteiger charge is 2.48. The predicted molar refractivity (Wildman–Crippen MR) is 107 cm³/mol. The van der Waals surface area contributed by atoms with Crippen molar-refractivity contribution in [1.82, 2.24) is 0 Å². The zero-order chi connectivity index (χ0) is 17.1. The van der Waals surface area contributed by atoms with Crippen molar-refractivity contribution in [3.8, 4) is 0 Å². The van der Waals surface area contributed by atoms with Gasteiger partial charge in [-0.25, -0.2) is 0 Å². The highest BCUT2D eigenvalue weighted by Crippen LogP contribution is 2.21. The minimum absolute atomic E-state index is 1.20. The minimum atomic E-state index is -2.70. The minimum Gasteiger partial charge on any atom is -0.430 e. The second-order valence-corrected chi connectivity index (χ2v) is 20.2. The fraction of sp³-hybridized carbons (Fsp3) is 0.333. The topological polar surface area (TPSA) is 18.5 Å². The Hall–Kier alpha value is -0.989. The third-order valence-corrected chi connectivity index (χ3v) is 12.6. The van der Waals surface area contributed by atoms with Crippen molar-refractivity contribution < 1.29 is 8.23 Å². The van der Waals surface area contributed by atoms with E-state index in [1.165, 1.54) is 10.4 Å². The van der Waals surface area contributed by atoms with Crippen LogP contribution in [0.4, 0.5) is 0 Å². The third-order valence-electron chi connectivity index (χ3n) is 3.21. The van der Waals surface area contributed by atoms with E-state index in [1.807, 2.05) is 0 Å². The predicted octanol–water partition coefficient (Wildman–Crippen LogP) is 3.95. The highest BCUT2D eigenvalue weighted by molar-refractivity contribution is 7.02. The van der Waals surface area contributed by atoms with Gasteiger partial charge in [0.1, 0.15) is 0 Å². The van der Waals surface area contributed by atoms with E-state index in [2.05, 4.69) is 99.9 Å². The number of benzene rings is 2. The lowest BCUT2D eigenvalue weighted by atomic mass is 10.4. The van der Waals surface area contributed by atoms with Gasteiger partial charge in [-0.15, -0.1) is 0 Å². The number of hydrogen-bond acceptors (Lipinski definition) is 2. The fourth-order valence-corrected chi connectivity index (χ4v) is 13.5. The molecule has 0 radical (unpaired) electrons. The van der Waals surface area contributed by atoms with Crippen LogP contribution in [-0.4, -0.2) is 25.2 Å². The number of rotatable bonds is 6. The van der Waals surface area contributed by atoms with E-state index in [9.17, 15) is 0 Å². The van der Waals surface area contributed by atoms with Gasteiger partial charge in [-0.2, -0.15) is 0 Å². The first-order chi connectivity index (χ1) is 10.6. The maximum Gasteiger partial charge on any atom is 0.386 e. The second-order valence-electron chi connectivity index (χ2n) is 7.78. The molecule has 2 aromatic carbocycles. The van der Waals surface area contributed by atoms with Gasteiger partial charge in [0.25, 0.3) is 0 Å². The summed E-state index contributed by atoms with van der Waals surface area (Å²) in [7, 11) is -6.29. The Morgan fingerprint density at radius 3 is 1.09 bits per heavy atom. The van der Waals surface area contributed by atoms with E-state index >= 15 is 0 Å². The first kappa shape index (κ1) is 18.4. The number of hydrogen-bond donors (Lipinski definition) is 0. The molecule has 0 aliphatic rings. The van der Waals surface area contributed by atoms with Gasteiger partial charge >= 0.3 is 8.56 Å².